The van der Waals surface area contributed by atoms with Crippen LogP contribution in [0.3, 0.4) is 0 Å². The Labute approximate surface area is 380 Å². The molecule has 0 saturated heterocycles. The van der Waals surface area contributed by atoms with Crippen LogP contribution in [0, 0.1) is 0 Å². The number of carboxylic acids is 1. The number of likely N-dealkylation sites (N-methyl/N-ethyl adjacent to an activating group) is 1. The standard InChI is InChI=1S/C54H91NO7/c1-6-8-10-12-14-16-18-20-22-24-25-26-27-28-29-31-32-34-36-38-40-42-44-52(56)61-49-50(48-60-47-46-51(54(58)59)55(3,4)5)62-53(57)45-43-41-39-37-35-33-30-23-21-19-17-15-13-11-9-7-2/h8-11,14-17,20-23,25-26,50-51H,6-7,12-13,18-19,24,27-49H2,1-5H3/p+1/b10-8+,11-9+,16-14+,17-15+,22-20+,23-21+,26-25+. The molecule has 0 heterocycles. The second-order valence-corrected chi connectivity index (χ2v) is 17.3. The minimum absolute atomic E-state index is 0.0496. The van der Waals surface area contributed by atoms with E-state index in [1.165, 1.54) is 51.4 Å². The first-order valence-corrected chi connectivity index (χ1v) is 24.6. The van der Waals surface area contributed by atoms with Crippen molar-refractivity contribution in [2.24, 2.45) is 0 Å². The fourth-order valence-electron chi connectivity index (χ4n) is 6.80. The van der Waals surface area contributed by atoms with Crippen LogP contribution in [0.25, 0.3) is 0 Å². The Morgan fingerprint density at radius 2 is 0.855 bits per heavy atom. The van der Waals surface area contributed by atoms with Gasteiger partial charge in [-0.15, -0.1) is 0 Å². The van der Waals surface area contributed by atoms with Crippen molar-refractivity contribution in [2.45, 2.75) is 199 Å². The Kier molecular flexibility index (Phi) is 41.6. The van der Waals surface area contributed by atoms with Gasteiger partial charge in [0.2, 0.25) is 0 Å². The zero-order valence-electron chi connectivity index (χ0n) is 40.3. The first kappa shape index (κ1) is 58.5. The van der Waals surface area contributed by atoms with Crippen molar-refractivity contribution in [1.82, 2.24) is 0 Å². The molecule has 0 aromatic rings. The molecule has 2 atom stereocenters. The number of hydrogen-bond acceptors (Lipinski definition) is 6. The van der Waals surface area contributed by atoms with Gasteiger partial charge < -0.3 is 23.8 Å². The number of esters is 2. The van der Waals surface area contributed by atoms with Crippen molar-refractivity contribution in [1.29, 1.82) is 0 Å². The van der Waals surface area contributed by atoms with Gasteiger partial charge >= 0.3 is 17.9 Å². The van der Waals surface area contributed by atoms with E-state index >= 15 is 0 Å². The molecule has 8 nitrogen and oxygen atoms in total. The monoisotopic (exact) mass is 867 g/mol. The van der Waals surface area contributed by atoms with Gasteiger partial charge in [-0.25, -0.2) is 4.79 Å². The molecule has 0 fully saturated rings. The van der Waals surface area contributed by atoms with Gasteiger partial charge in [-0.3, -0.25) is 9.59 Å². The average molecular weight is 867 g/mol. The lowest BCUT2D eigenvalue weighted by Crippen LogP contribution is -2.50. The van der Waals surface area contributed by atoms with Crippen LogP contribution >= 0.6 is 0 Å². The number of rotatable bonds is 43. The highest BCUT2D eigenvalue weighted by molar-refractivity contribution is 5.72. The highest BCUT2D eigenvalue weighted by atomic mass is 16.6. The molecule has 8 heteroatoms. The summed E-state index contributed by atoms with van der Waals surface area (Å²) in [7, 11) is 5.52. The molecule has 0 aliphatic rings. The maximum Gasteiger partial charge on any atom is 0.362 e. The summed E-state index contributed by atoms with van der Waals surface area (Å²) in [4.78, 5) is 37.1. The predicted molar refractivity (Wildman–Crippen MR) is 261 cm³/mol. The molecule has 0 aliphatic carbocycles. The average Bonchev–Trinajstić information content (AvgIpc) is 3.23. The molecule has 0 spiro atoms. The summed E-state index contributed by atoms with van der Waals surface area (Å²) in [5, 5.41) is 9.64. The number of unbranched alkanes of at least 4 members (excludes halogenated alkanes) is 15. The topological polar surface area (TPSA) is 99.1 Å². The first-order valence-electron chi connectivity index (χ1n) is 24.6. The molecular weight excluding hydrogens is 775 g/mol. The largest absolute Gasteiger partial charge is 0.477 e. The molecule has 2 unspecified atom stereocenters. The minimum Gasteiger partial charge on any atom is -0.477 e. The van der Waals surface area contributed by atoms with Crippen LogP contribution in [0.4, 0.5) is 0 Å². The van der Waals surface area contributed by atoms with Crippen LogP contribution in [0.2, 0.25) is 0 Å². The van der Waals surface area contributed by atoms with Crippen LogP contribution in [-0.4, -0.2) is 80.6 Å². The molecule has 1 N–H and O–H groups in total. The van der Waals surface area contributed by atoms with E-state index in [2.05, 4.69) is 98.9 Å². The third-order valence-electron chi connectivity index (χ3n) is 10.5. The molecule has 0 bridgehead atoms. The van der Waals surface area contributed by atoms with E-state index in [1.54, 1.807) is 0 Å². The molecule has 0 amide bonds. The van der Waals surface area contributed by atoms with Crippen molar-refractivity contribution in [3.63, 3.8) is 0 Å². The molecule has 354 valence electrons. The van der Waals surface area contributed by atoms with E-state index in [1.807, 2.05) is 21.1 Å². The lowest BCUT2D eigenvalue weighted by atomic mass is 10.1. The molecule has 0 aromatic heterocycles. The third kappa shape index (κ3) is 41.8. The summed E-state index contributed by atoms with van der Waals surface area (Å²) in [5.74, 6) is -1.50. The molecule has 0 saturated carbocycles. The van der Waals surface area contributed by atoms with Crippen molar-refractivity contribution in [3.8, 4) is 0 Å². The van der Waals surface area contributed by atoms with Gasteiger partial charge in [0.15, 0.2) is 12.1 Å². The normalized spacial score (nSPS) is 13.6. The number of allylic oxidation sites excluding steroid dienone is 14. The van der Waals surface area contributed by atoms with Crippen molar-refractivity contribution in [2.75, 3.05) is 41.0 Å². The van der Waals surface area contributed by atoms with Gasteiger partial charge in [0, 0.05) is 19.3 Å². The lowest BCUT2D eigenvalue weighted by Gasteiger charge is -2.31. The van der Waals surface area contributed by atoms with Gasteiger partial charge in [-0.2, -0.15) is 0 Å². The molecule has 0 aliphatic heterocycles. The Bertz CT molecular complexity index is 1290. The number of carboxylic acid groups (broad SMARTS) is 1. The summed E-state index contributed by atoms with van der Waals surface area (Å²) in [6.07, 6.45) is 57.7. The highest BCUT2D eigenvalue weighted by Crippen LogP contribution is 2.14. The quantitative estimate of drug-likeness (QED) is 0.0282. The number of hydrogen-bond donors (Lipinski definition) is 1. The van der Waals surface area contributed by atoms with Crippen LogP contribution in [0.15, 0.2) is 85.1 Å². The Morgan fingerprint density at radius 1 is 0.484 bits per heavy atom. The smallest absolute Gasteiger partial charge is 0.362 e. The molecule has 0 rings (SSSR count). The summed E-state index contributed by atoms with van der Waals surface area (Å²) >= 11 is 0. The predicted octanol–water partition coefficient (Wildman–Crippen LogP) is 14.1. The number of carbonyl (C=O) groups excluding carboxylic acids is 2. The second kappa shape index (κ2) is 44.1. The fraction of sp³-hybridized carbons (Fsp3) is 0.685. The zero-order valence-corrected chi connectivity index (χ0v) is 40.3. The van der Waals surface area contributed by atoms with Crippen molar-refractivity contribution in [3.05, 3.63) is 85.1 Å². The van der Waals surface area contributed by atoms with Crippen LogP contribution < -0.4 is 0 Å². The molecule has 0 radical (unpaired) electrons. The maximum absolute atomic E-state index is 12.8. The summed E-state index contributed by atoms with van der Waals surface area (Å²) in [6, 6.07) is -0.622. The van der Waals surface area contributed by atoms with Crippen LogP contribution in [0.5, 0.6) is 0 Å². The van der Waals surface area contributed by atoms with E-state index in [9.17, 15) is 19.5 Å². The first-order chi connectivity index (χ1) is 30.1. The molecule has 62 heavy (non-hydrogen) atoms. The van der Waals surface area contributed by atoms with Gasteiger partial charge in [-0.1, -0.05) is 170 Å². The number of carbonyl (C=O) groups is 3. The Balaban J connectivity index is 4.29. The summed E-state index contributed by atoms with van der Waals surface area (Å²) in [6.45, 7) is 4.49. The van der Waals surface area contributed by atoms with Crippen LogP contribution in [0.1, 0.15) is 187 Å². The van der Waals surface area contributed by atoms with E-state index in [4.69, 9.17) is 14.2 Å². The minimum atomic E-state index is -0.881. The van der Waals surface area contributed by atoms with Gasteiger partial charge in [0.25, 0.3) is 0 Å². The van der Waals surface area contributed by atoms with Crippen molar-refractivity contribution >= 4 is 17.9 Å². The fourth-order valence-corrected chi connectivity index (χ4v) is 6.80. The molecular formula is C54H92NO7+. The van der Waals surface area contributed by atoms with E-state index in [0.29, 0.717) is 19.3 Å². The SMILES string of the molecule is CC/C=C/C/C=C/C/C=C/C/C=C/CCCCCCCCCCCC(=O)OCC(COCCC(C(=O)O)[N+](C)(C)C)OC(=O)CCCCCCCC/C=C/C/C=C/C/C=C/CC. The third-order valence-corrected chi connectivity index (χ3v) is 10.5. The Morgan fingerprint density at radius 3 is 1.26 bits per heavy atom. The molecule has 0 aromatic carbocycles. The number of ether oxygens (including phenoxy) is 3. The second-order valence-electron chi connectivity index (χ2n) is 17.3. The van der Waals surface area contributed by atoms with Crippen LogP contribution in [-0.2, 0) is 28.6 Å². The van der Waals surface area contributed by atoms with Gasteiger partial charge in [0.1, 0.15) is 6.61 Å². The van der Waals surface area contributed by atoms with E-state index in [0.717, 1.165) is 103 Å². The zero-order chi connectivity index (χ0) is 45.6. The number of quaternary nitrogens is 1. The van der Waals surface area contributed by atoms with E-state index < -0.39 is 18.1 Å². The lowest BCUT2D eigenvalue weighted by molar-refractivity contribution is -0.887. The number of aliphatic carboxylic acids is 1. The van der Waals surface area contributed by atoms with Gasteiger partial charge in [-0.05, 0) is 83.5 Å². The Hall–Kier alpha value is -3.49. The highest BCUT2D eigenvalue weighted by Gasteiger charge is 2.31. The van der Waals surface area contributed by atoms with Gasteiger partial charge in [0.05, 0.1) is 34.4 Å². The maximum atomic E-state index is 12.8. The summed E-state index contributed by atoms with van der Waals surface area (Å²) < 4.78 is 17.3. The van der Waals surface area contributed by atoms with Crippen molar-refractivity contribution < 1.29 is 38.2 Å². The number of nitrogens with zero attached hydrogens (tertiary/aromatic N) is 1. The summed E-state index contributed by atoms with van der Waals surface area (Å²) in [5.41, 5.74) is 0. The van der Waals surface area contributed by atoms with E-state index in [-0.39, 0.29) is 36.2 Å².